The molecule has 1 aromatic heterocycles. The van der Waals surface area contributed by atoms with Crippen molar-refractivity contribution < 1.29 is 4.74 Å². The lowest BCUT2D eigenvalue weighted by atomic mass is 10.0. The molecular formula is C21H20BBr2N3O. The van der Waals surface area contributed by atoms with Gasteiger partial charge in [-0.2, -0.15) is 0 Å². The maximum atomic E-state index is 6.05. The molecule has 0 amide bonds. The van der Waals surface area contributed by atoms with Crippen LogP contribution in [-0.2, 0) is 0 Å². The van der Waals surface area contributed by atoms with E-state index in [4.69, 9.17) is 23.4 Å². The third kappa shape index (κ3) is 4.42. The fraction of sp³-hybridized carbons (Fsp3) is 0.190. The summed E-state index contributed by atoms with van der Waals surface area (Å²) >= 11 is 7.05. The number of benzene rings is 1. The number of aliphatic imine (C=N–C) groups is 1. The fourth-order valence-corrected chi connectivity index (χ4v) is 4.61. The van der Waals surface area contributed by atoms with E-state index >= 15 is 0 Å². The molecule has 0 unspecified atom stereocenters. The van der Waals surface area contributed by atoms with Gasteiger partial charge in [0, 0.05) is 21.3 Å². The number of nitrogens with zero attached hydrogens (tertiary/aromatic N) is 2. The van der Waals surface area contributed by atoms with Crippen molar-refractivity contribution in [1.29, 1.82) is 0 Å². The van der Waals surface area contributed by atoms with E-state index in [2.05, 4.69) is 44.9 Å². The smallest absolute Gasteiger partial charge is 0.234 e. The summed E-state index contributed by atoms with van der Waals surface area (Å²) in [5.74, 6) is 0.777. The SMILES string of the molecule is [B]n1cccc1/C(CCN)=C1N=C(/C=C/c2cc(Br)cc(Br)c2OC)C=C\1C. The molecule has 2 radical (unpaired) electrons. The minimum atomic E-state index is 0.529. The Labute approximate surface area is 183 Å². The van der Waals surface area contributed by atoms with Crippen molar-refractivity contribution in [2.24, 2.45) is 10.7 Å². The van der Waals surface area contributed by atoms with Crippen LogP contribution in [0.5, 0.6) is 5.75 Å². The zero-order valence-corrected chi connectivity index (χ0v) is 18.9. The molecule has 1 aliphatic rings. The number of halogens is 2. The van der Waals surface area contributed by atoms with Gasteiger partial charge >= 0.3 is 0 Å². The monoisotopic (exact) mass is 499 g/mol. The standard InChI is InChI=1S/C21H20BBr2N3O/c1-13-10-16(6-5-14-11-15(23)12-18(24)21(14)28-2)26-20(13)17(7-8-25)19-4-3-9-27(19)22/h3-6,9-12H,7-8,25H2,1-2H3/b6-5+,20-17-. The topological polar surface area (TPSA) is 52.5 Å². The van der Waals surface area contributed by atoms with Crippen LogP contribution in [0.3, 0.4) is 0 Å². The number of ether oxygens (including phenoxy) is 1. The molecule has 2 aromatic rings. The van der Waals surface area contributed by atoms with Crippen molar-refractivity contribution in [1.82, 2.24) is 4.48 Å². The van der Waals surface area contributed by atoms with Crippen molar-refractivity contribution in [3.63, 3.8) is 0 Å². The van der Waals surface area contributed by atoms with E-state index in [9.17, 15) is 0 Å². The molecule has 0 spiro atoms. The molecule has 0 atom stereocenters. The van der Waals surface area contributed by atoms with E-state index < -0.39 is 0 Å². The van der Waals surface area contributed by atoms with E-state index in [1.165, 1.54) is 0 Å². The average molecular weight is 501 g/mol. The van der Waals surface area contributed by atoms with Gasteiger partial charge in [-0.15, -0.1) is 0 Å². The summed E-state index contributed by atoms with van der Waals surface area (Å²) in [6.07, 6.45) is 8.56. The molecule has 2 heterocycles. The van der Waals surface area contributed by atoms with Crippen LogP contribution < -0.4 is 10.5 Å². The Morgan fingerprint density at radius 2 is 2.11 bits per heavy atom. The Morgan fingerprint density at radius 3 is 2.75 bits per heavy atom. The van der Waals surface area contributed by atoms with Crippen molar-refractivity contribution in [2.45, 2.75) is 13.3 Å². The summed E-state index contributed by atoms with van der Waals surface area (Å²) < 4.78 is 8.97. The van der Waals surface area contributed by atoms with Crippen LogP contribution in [0.25, 0.3) is 11.6 Å². The van der Waals surface area contributed by atoms with Gasteiger partial charge in [-0.25, -0.2) is 4.99 Å². The maximum absolute atomic E-state index is 6.05. The first-order chi connectivity index (χ1) is 13.4. The highest BCUT2D eigenvalue weighted by atomic mass is 79.9. The molecule has 0 saturated heterocycles. The van der Waals surface area contributed by atoms with Crippen LogP contribution in [0.15, 0.2) is 67.8 Å². The lowest BCUT2D eigenvalue weighted by Crippen LogP contribution is -2.05. The summed E-state index contributed by atoms with van der Waals surface area (Å²) in [7, 11) is 7.71. The van der Waals surface area contributed by atoms with Crippen LogP contribution in [0.4, 0.5) is 0 Å². The highest BCUT2D eigenvalue weighted by Crippen LogP contribution is 2.34. The molecule has 142 valence electrons. The van der Waals surface area contributed by atoms with Crippen LogP contribution in [-0.4, -0.2) is 31.8 Å². The van der Waals surface area contributed by atoms with Gasteiger partial charge in [0.15, 0.2) is 0 Å². The molecule has 2 N–H and O–H groups in total. The van der Waals surface area contributed by atoms with E-state index in [0.29, 0.717) is 13.0 Å². The minimum absolute atomic E-state index is 0.529. The van der Waals surface area contributed by atoms with Crippen molar-refractivity contribution in [3.8, 4) is 5.75 Å². The van der Waals surface area contributed by atoms with Crippen LogP contribution in [0.1, 0.15) is 24.6 Å². The molecule has 4 nitrogen and oxygen atoms in total. The summed E-state index contributed by atoms with van der Waals surface area (Å²) in [6.45, 7) is 2.58. The third-order valence-corrected chi connectivity index (χ3v) is 5.47. The molecule has 7 heteroatoms. The van der Waals surface area contributed by atoms with Crippen molar-refractivity contribution in [3.05, 3.63) is 74.1 Å². The van der Waals surface area contributed by atoms with Gasteiger partial charge < -0.3 is 14.9 Å². The largest absolute Gasteiger partial charge is 0.495 e. The van der Waals surface area contributed by atoms with Crippen molar-refractivity contribution >= 4 is 57.2 Å². The van der Waals surface area contributed by atoms with Crippen LogP contribution in [0, 0.1) is 0 Å². The first kappa shape index (κ1) is 20.9. The first-order valence-corrected chi connectivity index (χ1v) is 10.4. The Morgan fingerprint density at radius 1 is 1.32 bits per heavy atom. The average Bonchev–Trinajstić information content (AvgIpc) is 3.23. The van der Waals surface area contributed by atoms with E-state index in [0.717, 1.165) is 48.5 Å². The van der Waals surface area contributed by atoms with Crippen LogP contribution >= 0.6 is 31.9 Å². The minimum Gasteiger partial charge on any atom is -0.495 e. The lowest BCUT2D eigenvalue weighted by Gasteiger charge is -2.12. The number of hydrogen-bond donors (Lipinski definition) is 1. The Kier molecular flexibility index (Phi) is 6.80. The molecule has 0 saturated carbocycles. The first-order valence-electron chi connectivity index (χ1n) is 8.79. The predicted octanol–water partition coefficient (Wildman–Crippen LogP) is 5.13. The van der Waals surface area contributed by atoms with E-state index in [1.807, 2.05) is 42.6 Å². The van der Waals surface area contributed by atoms with E-state index in [-0.39, 0.29) is 0 Å². The quantitative estimate of drug-likeness (QED) is 0.559. The van der Waals surface area contributed by atoms with Gasteiger partial charge in [0.05, 0.1) is 23.0 Å². The van der Waals surface area contributed by atoms with Crippen LogP contribution in [0.2, 0.25) is 0 Å². The summed E-state index contributed by atoms with van der Waals surface area (Å²) in [6, 6.07) is 7.86. The Balaban J connectivity index is 2.00. The summed E-state index contributed by atoms with van der Waals surface area (Å²) in [5.41, 5.74) is 11.7. The molecule has 1 aromatic carbocycles. The molecule has 3 rings (SSSR count). The number of methoxy groups -OCH3 is 1. The van der Waals surface area contributed by atoms with Gasteiger partial charge in [0.1, 0.15) is 5.75 Å². The highest BCUT2D eigenvalue weighted by molar-refractivity contribution is 9.11. The third-order valence-electron chi connectivity index (χ3n) is 4.42. The number of hydrogen-bond acceptors (Lipinski definition) is 3. The molecule has 0 aliphatic carbocycles. The zero-order valence-electron chi connectivity index (χ0n) is 15.7. The number of aromatic nitrogens is 1. The zero-order chi connectivity index (χ0) is 20.3. The fourth-order valence-electron chi connectivity index (χ4n) is 3.19. The van der Waals surface area contributed by atoms with Gasteiger partial charge in [-0.3, -0.25) is 0 Å². The number of nitrogens with two attached hydrogens (primary N) is 1. The molecule has 1 aliphatic heterocycles. The van der Waals surface area contributed by atoms with Gasteiger partial charge in [0.2, 0.25) is 7.98 Å². The molecule has 0 bridgehead atoms. The normalized spacial score (nSPS) is 15.8. The maximum Gasteiger partial charge on any atom is 0.234 e. The number of allylic oxidation sites excluding steroid dienone is 3. The second-order valence-electron chi connectivity index (χ2n) is 6.37. The second-order valence-corrected chi connectivity index (χ2v) is 8.14. The van der Waals surface area contributed by atoms with Gasteiger partial charge in [0.25, 0.3) is 0 Å². The molecule has 0 fully saturated rings. The lowest BCUT2D eigenvalue weighted by molar-refractivity contribution is 0.411. The Hall–Kier alpha value is -1.83. The van der Waals surface area contributed by atoms with Crippen molar-refractivity contribution in [2.75, 3.05) is 13.7 Å². The highest BCUT2D eigenvalue weighted by Gasteiger charge is 2.17. The number of rotatable bonds is 6. The second kappa shape index (κ2) is 9.12. The molecular weight excluding hydrogens is 481 g/mol. The Bertz CT molecular complexity index is 1020. The molecule has 28 heavy (non-hydrogen) atoms. The van der Waals surface area contributed by atoms with E-state index in [1.54, 1.807) is 11.6 Å². The van der Waals surface area contributed by atoms with Gasteiger partial charge in [-0.1, -0.05) is 15.9 Å². The predicted molar refractivity (Wildman–Crippen MR) is 125 cm³/mol. The summed E-state index contributed by atoms with van der Waals surface area (Å²) in [4.78, 5) is 4.83. The van der Waals surface area contributed by atoms with Gasteiger partial charge in [-0.05, 0) is 90.1 Å². The summed E-state index contributed by atoms with van der Waals surface area (Å²) in [5, 5.41) is 0.